The van der Waals surface area contributed by atoms with Gasteiger partial charge in [0.25, 0.3) is 0 Å². The maximum absolute atomic E-state index is 12.1. The number of methoxy groups -OCH3 is 1. The van der Waals surface area contributed by atoms with Gasteiger partial charge in [-0.2, -0.15) is 0 Å². The molecule has 158 valence electrons. The first-order valence-corrected chi connectivity index (χ1v) is 10.5. The summed E-state index contributed by atoms with van der Waals surface area (Å²) in [6, 6.07) is 6.86. The highest BCUT2D eigenvalue weighted by Gasteiger charge is 2.19. The summed E-state index contributed by atoms with van der Waals surface area (Å²) in [4.78, 5) is 24.0. The quantitative estimate of drug-likeness (QED) is 0.483. The SMILES string of the molecule is COCCCn1c(SCC(=O)NC(=O)NC(C)(C)C)nnc1-c1ccccc1Cl. The highest BCUT2D eigenvalue weighted by molar-refractivity contribution is 7.99. The number of imide groups is 1. The molecule has 8 nitrogen and oxygen atoms in total. The van der Waals surface area contributed by atoms with E-state index < -0.39 is 17.5 Å². The van der Waals surface area contributed by atoms with E-state index in [1.54, 1.807) is 13.2 Å². The monoisotopic (exact) mass is 439 g/mol. The van der Waals surface area contributed by atoms with E-state index in [1.807, 2.05) is 43.5 Å². The Morgan fingerprint density at radius 2 is 1.97 bits per heavy atom. The van der Waals surface area contributed by atoms with E-state index in [0.717, 1.165) is 12.0 Å². The predicted molar refractivity (Wildman–Crippen MR) is 114 cm³/mol. The molecule has 0 aliphatic heterocycles. The number of rotatable bonds is 8. The molecule has 0 unspecified atom stereocenters. The molecule has 29 heavy (non-hydrogen) atoms. The van der Waals surface area contributed by atoms with Crippen LogP contribution in [0.5, 0.6) is 0 Å². The number of amides is 3. The van der Waals surface area contributed by atoms with Crippen molar-refractivity contribution in [1.82, 2.24) is 25.4 Å². The molecule has 0 bridgehead atoms. The van der Waals surface area contributed by atoms with Crippen LogP contribution in [0, 0.1) is 0 Å². The van der Waals surface area contributed by atoms with Crippen LogP contribution in [0.1, 0.15) is 27.2 Å². The Kier molecular flexibility index (Phi) is 8.48. The van der Waals surface area contributed by atoms with Crippen molar-refractivity contribution in [2.75, 3.05) is 19.5 Å². The number of carbonyl (C=O) groups excluding carboxylic acids is 2. The molecule has 0 radical (unpaired) electrons. The summed E-state index contributed by atoms with van der Waals surface area (Å²) in [5, 5.41) is 14.6. The van der Waals surface area contributed by atoms with Crippen molar-refractivity contribution in [3.8, 4) is 11.4 Å². The van der Waals surface area contributed by atoms with Gasteiger partial charge in [-0.1, -0.05) is 35.5 Å². The molecule has 1 aromatic heterocycles. The van der Waals surface area contributed by atoms with Crippen molar-refractivity contribution in [2.45, 2.75) is 44.4 Å². The molecular weight excluding hydrogens is 414 g/mol. The normalized spacial score (nSPS) is 11.3. The average molecular weight is 440 g/mol. The number of ether oxygens (including phenoxy) is 1. The lowest BCUT2D eigenvalue weighted by molar-refractivity contribution is -0.117. The molecule has 0 aliphatic carbocycles. The molecule has 1 aromatic carbocycles. The van der Waals surface area contributed by atoms with Crippen LogP contribution in [0.2, 0.25) is 5.02 Å². The van der Waals surface area contributed by atoms with E-state index in [-0.39, 0.29) is 5.75 Å². The molecule has 2 N–H and O–H groups in total. The minimum absolute atomic E-state index is 0.0303. The molecule has 0 saturated carbocycles. The summed E-state index contributed by atoms with van der Waals surface area (Å²) in [6.07, 6.45) is 0.750. The number of aromatic nitrogens is 3. The second-order valence-corrected chi connectivity index (χ2v) is 8.67. The van der Waals surface area contributed by atoms with E-state index in [2.05, 4.69) is 20.8 Å². The Bertz CT molecular complexity index is 851. The summed E-state index contributed by atoms with van der Waals surface area (Å²) in [7, 11) is 1.64. The third-order valence-corrected chi connectivity index (χ3v) is 4.93. The molecule has 10 heteroatoms. The zero-order chi connectivity index (χ0) is 21.4. The highest BCUT2D eigenvalue weighted by Crippen LogP contribution is 2.29. The highest BCUT2D eigenvalue weighted by atomic mass is 35.5. The van der Waals surface area contributed by atoms with Crippen molar-refractivity contribution >= 4 is 35.3 Å². The van der Waals surface area contributed by atoms with E-state index in [9.17, 15) is 9.59 Å². The van der Waals surface area contributed by atoms with Gasteiger partial charge in [-0.25, -0.2) is 4.79 Å². The number of hydrogen-bond donors (Lipinski definition) is 2. The second-order valence-electron chi connectivity index (χ2n) is 7.32. The third-order valence-electron chi connectivity index (χ3n) is 3.64. The number of carbonyl (C=O) groups is 2. The van der Waals surface area contributed by atoms with Crippen molar-refractivity contribution in [2.24, 2.45) is 0 Å². The molecule has 0 aliphatic rings. The van der Waals surface area contributed by atoms with Crippen LogP contribution in [0.15, 0.2) is 29.4 Å². The molecule has 3 amide bonds. The average Bonchev–Trinajstić information content (AvgIpc) is 3.01. The number of benzene rings is 1. The number of nitrogens with one attached hydrogen (secondary N) is 2. The molecule has 0 atom stereocenters. The maximum atomic E-state index is 12.1. The summed E-state index contributed by atoms with van der Waals surface area (Å²) >= 11 is 7.53. The van der Waals surface area contributed by atoms with Crippen LogP contribution in [0.3, 0.4) is 0 Å². The van der Waals surface area contributed by atoms with Gasteiger partial charge in [0.05, 0.1) is 10.8 Å². The largest absolute Gasteiger partial charge is 0.385 e. The Morgan fingerprint density at radius 3 is 2.62 bits per heavy atom. The van der Waals surface area contributed by atoms with E-state index in [1.165, 1.54) is 11.8 Å². The summed E-state index contributed by atoms with van der Waals surface area (Å²) in [5.41, 5.74) is 0.336. The van der Waals surface area contributed by atoms with Gasteiger partial charge in [-0.3, -0.25) is 10.1 Å². The lowest BCUT2D eigenvalue weighted by Crippen LogP contribution is -2.48. The summed E-state index contributed by atoms with van der Waals surface area (Å²) in [6.45, 7) is 6.70. The minimum atomic E-state index is -0.526. The van der Waals surface area contributed by atoms with E-state index >= 15 is 0 Å². The van der Waals surface area contributed by atoms with Crippen LogP contribution in [-0.2, 0) is 16.1 Å². The van der Waals surface area contributed by atoms with Crippen LogP contribution in [0.4, 0.5) is 4.79 Å². The maximum Gasteiger partial charge on any atom is 0.321 e. The number of nitrogens with zero attached hydrogens (tertiary/aromatic N) is 3. The second kappa shape index (κ2) is 10.6. The molecule has 1 heterocycles. The van der Waals surface area contributed by atoms with Crippen molar-refractivity contribution in [3.05, 3.63) is 29.3 Å². The molecular formula is C19H26ClN5O3S. The smallest absolute Gasteiger partial charge is 0.321 e. The summed E-state index contributed by atoms with van der Waals surface area (Å²) < 4.78 is 7.05. The minimum Gasteiger partial charge on any atom is -0.385 e. The zero-order valence-corrected chi connectivity index (χ0v) is 18.6. The Hall–Kier alpha value is -2.10. The predicted octanol–water partition coefficient (Wildman–Crippen LogP) is 3.35. The Labute approximate surface area is 179 Å². The van der Waals surface area contributed by atoms with E-state index in [4.69, 9.17) is 16.3 Å². The lowest BCUT2D eigenvalue weighted by atomic mass is 10.1. The number of urea groups is 1. The number of halogens is 1. The lowest BCUT2D eigenvalue weighted by Gasteiger charge is -2.20. The third kappa shape index (κ3) is 7.34. The van der Waals surface area contributed by atoms with Crippen LogP contribution in [0.25, 0.3) is 11.4 Å². The van der Waals surface area contributed by atoms with Gasteiger partial charge in [0.15, 0.2) is 11.0 Å². The molecule has 2 rings (SSSR count). The van der Waals surface area contributed by atoms with Crippen LogP contribution < -0.4 is 10.6 Å². The fourth-order valence-electron chi connectivity index (χ4n) is 2.47. The van der Waals surface area contributed by atoms with Gasteiger partial charge >= 0.3 is 6.03 Å². The van der Waals surface area contributed by atoms with Crippen LogP contribution in [-0.4, -0.2) is 51.7 Å². The standard InChI is InChI=1S/C19H26ClN5O3S/c1-19(2,3)22-17(27)21-15(26)12-29-18-24-23-16(25(18)10-7-11-28-4)13-8-5-6-9-14(13)20/h5-6,8-9H,7,10-12H2,1-4H3,(H2,21,22,26,27). The Balaban J connectivity index is 2.10. The number of hydrogen-bond acceptors (Lipinski definition) is 6. The molecule has 2 aromatic rings. The van der Waals surface area contributed by atoms with Crippen molar-refractivity contribution < 1.29 is 14.3 Å². The topological polar surface area (TPSA) is 98.1 Å². The Morgan fingerprint density at radius 1 is 1.24 bits per heavy atom. The van der Waals surface area contributed by atoms with Crippen LogP contribution >= 0.6 is 23.4 Å². The fourth-order valence-corrected chi connectivity index (χ4v) is 3.46. The van der Waals surface area contributed by atoms with E-state index in [0.29, 0.717) is 29.2 Å². The van der Waals surface area contributed by atoms with Gasteiger partial charge < -0.3 is 14.6 Å². The van der Waals surface area contributed by atoms with Crippen molar-refractivity contribution in [3.63, 3.8) is 0 Å². The molecule has 0 saturated heterocycles. The first kappa shape index (κ1) is 23.2. The zero-order valence-electron chi connectivity index (χ0n) is 17.0. The fraction of sp³-hybridized carbons (Fsp3) is 0.474. The van der Waals surface area contributed by atoms with Gasteiger partial charge in [0.2, 0.25) is 5.91 Å². The summed E-state index contributed by atoms with van der Waals surface area (Å²) in [5.74, 6) is 0.241. The van der Waals surface area contributed by atoms with Gasteiger partial charge in [-0.05, 0) is 39.3 Å². The molecule has 0 fully saturated rings. The molecule has 0 spiro atoms. The van der Waals surface area contributed by atoms with Gasteiger partial charge in [-0.15, -0.1) is 10.2 Å². The first-order valence-electron chi connectivity index (χ1n) is 9.13. The van der Waals surface area contributed by atoms with Crippen molar-refractivity contribution in [1.29, 1.82) is 0 Å². The number of thioether (sulfide) groups is 1. The van der Waals surface area contributed by atoms with Gasteiger partial charge in [0, 0.05) is 31.4 Å². The first-order chi connectivity index (χ1) is 13.7. The van der Waals surface area contributed by atoms with Gasteiger partial charge in [0.1, 0.15) is 0 Å².